The first-order valence-corrected chi connectivity index (χ1v) is 11.1. The minimum Gasteiger partial charge on any atom is -0.505 e. The van der Waals surface area contributed by atoms with Crippen molar-refractivity contribution in [2.75, 3.05) is 27.2 Å². The van der Waals surface area contributed by atoms with Crippen LogP contribution in [0.1, 0.15) is 28.6 Å². The van der Waals surface area contributed by atoms with Crippen molar-refractivity contribution in [3.05, 3.63) is 75.2 Å². The number of aromatic nitrogens is 2. The van der Waals surface area contributed by atoms with Crippen molar-refractivity contribution in [3.8, 4) is 0 Å². The topological polar surface area (TPSA) is 78.1 Å². The number of rotatable bonds is 5. The van der Waals surface area contributed by atoms with E-state index in [0.29, 0.717) is 30.1 Å². The van der Waals surface area contributed by atoms with Crippen LogP contribution in [0.2, 0.25) is 0 Å². The van der Waals surface area contributed by atoms with Crippen LogP contribution in [0.4, 0.5) is 0 Å². The molecule has 1 aromatic carbocycles. The number of carbonyl (C=O) groups excluding carboxylic acids is 2. The molecule has 0 aliphatic carbocycles. The maximum atomic E-state index is 13.2. The highest BCUT2D eigenvalue weighted by Crippen LogP contribution is 2.40. The first-order chi connectivity index (χ1) is 15.2. The van der Waals surface area contributed by atoms with E-state index < -0.39 is 17.7 Å². The number of hydrogen-bond acceptors (Lipinski definition) is 5. The lowest BCUT2D eigenvalue weighted by Crippen LogP contribution is -2.35. The zero-order valence-corrected chi connectivity index (χ0v) is 20.0. The number of aryl methyl sites for hydroxylation is 2. The van der Waals surface area contributed by atoms with E-state index in [1.807, 2.05) is 62.3 Å². The standard InChI is InChI=1S/C24H25BrN4O3/c1-14-7-6-10-28-19(15(2)26-23(14)28)21(30)18-20(16-8-5-9-17(25)13-16)29(12-11-27(3)4)24(32)22(18)31/h5-10,13,20,30H,11-12H2,1-4H3/b21-18+/t20-/m0/s1. The molecule has 1 saturated heterocycles. The molecule has 4 rings (SSSR count). The molecule has 0 unspecified atom stereocenters. The van der Waals surface area contributed by atoms with Crippen LogP contribution in [-0.4, -0.2) is 63.2 Å². The van der Waals surface area contributed by atoms with Gasteiger partial charge in [0.2, 0.25) is 0 Å². The average Bonchev–Trinajstić information content (AvgIpc) is 3.21. The quantitative estimate of drug-likeness (QED) is 0.331. The Labute approximate surface area is 195 Å². The van der Waals surface area contributed by atoms with Gasteiger partial charge in [-0.15, -0.1) is 0 Å². The van der Waals surface area contributed by atoms with E-state index in [2.05, 4.69) is 20.9 Å². The van der Waals surface area contributed by atoms with Crippen molar-refractivity contribution >= 4 is 39.0 Å². The van der Waals surface area contributed by atoms with E-state index in [9.17, 15) is 14.7 Å². The summed E-state index contributed by atoms with van der Waals surface area (Å²) in [5.41, 5.74) is 3.50. The van der Waals surface area contributed by atoms with Crippen molar-refractivity contribution in [1.82, 2.24) is 19.2 Å². The molecule has 1 aliphatic rings. The van der Waals surface area contributed by atoms with E-state index in [1.165, 1.54) is 0 Å². The van der Waals surface area contributed by atoms with E-state index >= 15 is 0 Å². The Morgan fingerprint density at radius 1 is 1.19 bits per heavy atom. The number of imidazole rings is 1. The molecule has 8 heteroatoms. The smallest absolute Gasteiger partial charge is 0.295 e. The van der Waals surface area contributed by atoms with Gasteiger partial charge in [-0.05, 0) is 57.3 Å². The van der Waals surface area contributed by atoms with Crippen molar-refractivity contribution in [3.63, 3.8) is 0 Å². The Balaban J connectivity index is 1.95. The van der Waals surface area contributed by atoms with Gasteiger partial charge in [-0.25, -0.2) is 4.98 Å². The minimum atomic E-state index is -0.692. The minimum absolute atomic E-state index is 0.0817. The number of aliphatic hydroxyl groups excluding tert-OH is 1. The maximum absolute atomic E-state index is 13.2. The Kier molecular flexibility index (Phi) is 5.92. The number of hydrogen-bond donors (Lipinski definition) is 1. The first-order valence-electron chi connectivity index (χ1n) is 10.3. The summed E-state index contributed by atoms with van der Waals surface area (Å²) in [6.45, 7) is 4.67. The average molecular weight is 497 g/mol. The van der Waals surface area contributed by atoms with E-state index in [4.69, 9.17) is 0 Å². The number of benzene rings is 1. The molecule has 32 heavy (non-hydrogen) atoms. The number of pyridine rings is 1. The van der Waals surface area contributed by atoms with Gasteiger partial charge in [0, 0.05) is 23.8 Å². The third kappa shape index (κ3) is 3.73. The second-order valence-corrected chi connectivity index (χ2v) is 9.20. The third-order valence-electron chi connectivity index (χ3n) is 5.74. The number of nitrogens with zero attached hydrogens (tertiary/aromatic N) is 4. The molecular formula is C24H25BrN4O3. The Bertz CT molecular complexity index is 1260. The molecule has 166 valence electrons. The molecule has 1 N–H and O–H groups in total. The summed E-state index contributed by atoms with van der Waals surface area (Å²) in [4.78, 5) is 34.3. The lowest BCUT2D eigenvalue weighted by Gasteiger charge is -2.26. The Morgan fingerprint density at radius 3 is 2.62 bits per heavy atom. The fourth-order valence-electron chi connectivity index (χ4n) is 4.17. The third-order valence-corrected chi connectivity index (χ3v) is 6.23. The van der Waals surface area contributed by atoms with Crippen molar-refractivity contribution in [1.29, 1.82) is 0 Å². The van der Waals surface area contributed by atoms with Gasteiger partial charge in [0.15, 0.2) is 5.76 Å². The molecule has 2 aromatic heterocycles. The van der Waals surface area contributed by atoms with Crippen LogP contribution in [0, 0.1) is 13.8 Å². The van der Waals surface area contributed by atoms with Crippen LogP contribution < -0.4 is 0 Å². The first kappa shape index (κ1) is 22.2. The maximum Gasteiger partial charge on any atom is 0.295 e. The largest absolute Gasteiger partial charge is 0.505 e. The van der Waals surface area contributed by atoms with Crippen LogP contribution in [-0.2, 0) is 9.59 Å². The Hall–Kier alpha value is -2.97. The van der Waals surface area contributed by atoms with Gasteiger partial charge in [-0.1, -0.05) is 34.1 Å². The van der Waals surface area contributed by atoms with Crippen molar-refractivity contribution in [2.24, 2.45) is 0 Å². The van der Waals surface area contributed by atoms with Crippen LogP contribution in [0.3, 0.4) is 0 Å². The number of carbonyl (C=O) groups is 2. The predicted octanol–water partition coefficient (Wildman–Crippen LogP) is 3.70. The molecule has 3 aromatic rings. The molecule has 0 spiro atoms. The lowest BCUT2D eigenvalue weighted by molar-refractivity contribution is -0.140. The zero-order chi connectivity index (χ0) is 23.2. The van der Waals surface area contributed by atoms with Crippen LogP contribution in [0.25, 0.3) is 11.4 Å². The van der Waals surface area contributed by atoms with Gasteiger partial charge in [0.1, 0.15) is 11.3 Å². The van der Waals surface area contributed by atoms with E-state index in [1.54, 1.807) is 22.4 Å². The molecular weight excluding hydrogens is 472 g/mol. The molecule has 0 radical (unpaired) electrons. The number of aliphatic hydroxyl groups is 1. The molecule has 0 saturated carbocycles. The molecule has 1 amide bonds. The lowest BCUT2D eigenvalue weighted by atomic mass is 9.96. The molecule has 3 heterocycles. The summed E-state index contributed by atoms with van der Waals surface area (Å²) >= 11 is 3.48. The number of ketones is 1. The summed E-state index contributed by atoms with van der Waals surface area (Å²) in [6.07, 6.45) is 1.80. The number of likely N-dealkylation sites (tertiary alicyclic amines) is 1. The normalized spacial score (nSPS) is 18.3. The highest BCUT2D eigenvalue weighted by Gasteiger charge is 2.46. The SMILES string of the molecule is Cc1nc2c(C)cccn2c1/C(O)=C1\C(=O)C(=O)N(CCN(C)C)[C@H]1c1cccc(Br)c1. The van der Waals surface area contributed by atoms with Gasteiger partial charge in [0.25, 0.3) is 11.7 Å². The molecule has 0 bridgehead atoms. The predicted molar refractivity (Wildman–Crippen MR) is 126 cm³/mol. The van der Waals surface area contributed by atoms with Crippen LogP contribution in [0.15, 0.2) is 52.6 Å². The van der Waals surface area contributed by atoms with Gasteiger partial charge in [-0.3, -0.25) is 14.0 Å². The van der Waals surface area contributed by atoms with Gasteiger partial charge in [-0.2, -0.15) is 0 Å². The number of likely N-dealkylation sites (N-methyl/N-ethyl adjacent to an activating group) is 1. The van der Waals surface area contributed by atoms with Gasteiger partial charge < -0.3 is 14.9 Å². The molecule has 7 nitrogen and oxygen atoms in total. The number of amides is 1. The summed E-state index contributed by atoms with van der Waals surface area (Å²) in [6, 6.07) is 10.6. The van der Waals surface area contributed by atoms with Crippen LogP contribution in [0.5, 0.6) is 0 Å². The fraction of sp³-hybridized carbons (Fsp3) is 0.292. The van der Waals surface area contributed by atoms with Crippen molar-refractivity contribution < 1.29 is 14.7 Å². The van der Waals surface area contributed by atoms with Gasteiger partial charge >= 0.3 is 0 Å². The fourth-order valence-corrected chi connectivity index (χ4v) is 4.59. The van der Waals surface area contributed by atoms with E-state index in [0.717, 1.165) is 15.6 Å². The summed E-state index contributed by atoms with van der Waals surface area (Å²) in [5.74, 6) is -1.51. The van der Waals surface area contributed by atoms with Gasteiger partial charge in [0.05, 0.1) is 17.3 Å². The summed E-state index contributed by atoms with van der Waals surface area (Å²) in [7, 11) is 3.82. The second kappa shape index (κ2) is 8.52. The van der Waals surface area contributed by atoms with E-state index in [-0.39, 0.29) is 11.3 Å². The zero-order valence-electron chi connectivity index (χ0n) is 18.5. The molecule has 1 atom stereocenters. The Morgan fingerprint density at radius 2 is 1.94 bits per heavy atom. The summed E-state index contributed by atoms with van der Waals surface area (Å²) < 4.78 is 2.60. The number of Topliss-reactive ketones (excluding diaryl/α,β-unsaturated/α-hetero) is 1. The second-order valence-electron chi connectivity index (χ2n) is 8.28. The van der Waals surface area contributed by atoms with Crippen LogP contribution >= 0.6 is 15.9 Å². The highest BCUT2D eigenvalue weighted by molar-refractivity contribution is 9.10. The number of fused-ring (bicyclic) bond motifs is 1. The highest BCUT2D eigenvalue weighted by atomic mass is 79.9. The monoisotopic (exact) mass is 496 g/mol. The number of halogens is 1. The molecule has 1 aliphatic heterocycles. The molecule has 1 fully saturated rings. The summed E-state index contributed by atoms with van der Waals surface area (Å²) in [5, 5.41) is 11.5. The van der Waals surface area contributed by atoms with Crippen molar-refractivity contribution in [2.45, 2.75) is 19.9 Å².